The minimum atomic E-state index is -1.03. The van der Waals surface area contributed by atoms with Crippen LogP contribution >= 0.6 is 0 Å². The molecule has 0 saturated heterocycles. The van der Waals surface area contributed by atoms with Crippen LogP contribution in [0.4, 0.5) is 20.2 Å². The third-order valence-corrected chi connectivity index (χ3v) is 4.51. The second-order valence-electron chi connectivity index (χ2n) is 6.50. The molecule has 148 valence electrons. The predicted molar refractivity (Wildman–Crippen MR) is 99.8 cm³/mol. The maximum Gasteiger partial charge on any atom is 0.277 e. The lowest BCUT2D eigenvalue weighted by Crippen LogP contribution is -2.41. The molecule has 1 aliphatic rings. The maximum absolute atomic E-state index is 13.4. The summed E-state index contributed by atoms with van der Waals surface area (Å²) in [5.74, 6) is -2.14. The molecular weight excluding hydrogens is 384 g/mol. The first-order chi connectivity index (χ1) is 13.8. The molecule has 0 radical (unpaired) electrons. The van der Waals surface area contributed by atoms with Gasteiger partial charge in [0.1, 0.15) is 5.75 Å². The second kappa shape index (κ2) is 7.01. The number of nitrogens with one attached hydrogen (secondary N) is 1. The number of amides is 2. The number of aromatic nitrogens is 1. The quantitative estimate of drug-likeness (QED) is 0.727. The molecule has 0 saturated carbocycles. The van der Waals surface area contributed by atoms with Gasteiger partial charge in [-0.15, -0.1) is 0 Å². The van der Waals surface area contributed by atoms with Crippen molar-refractivity contribution in [1.29, 1.82) is 0 Å². The van der Waals surface area contributed by atoms with Crippen LogP contribution in [0.1, 0.15) is 17.4 Å². The molecule has 1 N–H and O–H groups in total. The molecule has 2 amide bonds. The van der Waals surface area contributed by atoms with E-state index in [-0.39, 0.29) is 22.9 Å². The molecule has 1 unspecified atom stereocenters. The molecule has 7 nitrogen and oxygen atoms in total. The first-order valence-corrected chi connectivity index (χ1v) is 8.65. The number of rotatable bonds is 3. The van der Waals surface area contributed by atoms with E-state index in [1.165, 1.54) is 17.0 Å². The van der Waals surface area contributed by atoms with Gasteiger partial charge in [-0.05, 0) is 43.3 Å². The fourth-order valence-corrected chi connectivity index (χ4v) is 2.95. The third kappa shape index (κ3) is 3.42. The molecule has 2 aromatic carbocycles. The Labute approximate surface area is 163 Å². The number of hydrogen-bond donors (Lipinski definition) is 1. The van der Waals surface area contributed by atoms with Gasteiger partial charge in [0.05, 0.1) is 5.69 Å². The molecule has 0 spiro atoms. The van der Waals surface area contributed by atoms with Crippen LogP contribution in [0, 0.1) is 11.6 Å². The Morgan fingerprint density at radius 1 is 1.14 bits per heavy atom. The van der Waals surface area contributed by atoms with Crippen molar-refractivity contribution in [3.05, 3.63) is 59.8 Å². The van der Waals surface area contributed by atoms with Gasteiger partial charge in [0.15, 0.2) is 29.2 Å². The molecule has 2 heterocycles. The Balaban J connectivity index is 1.54. The number of ether oxygens (including phenoxy) is 1. The van der Waals surface area contributed by atoms with E-state index in [2.05, 4.69) is 10.5 Å². The topological polar surface area (TPSA) is 84.7 Å². The highest BCUT2D eigenvalue weighted by Gasteiger charge is 2.29. The van der Waals surface area contributed by atoms with Crippen LogP contribution in [0.3, 0.4) is 0 Å². The van der Waals surface area contributed by atoms with Crippen LogP contribution < -0.4 is 15.0 Å². The zero-order valence-electron chi connectivity index (χ0n) is 15.4. The molecule has 0 fully saturated rings. The fourth-order valence-electron chi connectivity index (χ4n) is 2.95. The number of hydrogen-bond acceptors (Lipinski definition) is 5. The van der Waals surface area contributed by atoms with Crippen molar-refractivity contribution >= 4 is 23.2 Å². The Bertz CT molecular complexity index is 1130. The normalized spacial score (nSPS) is 15.7. The van der Waals surface area contributed by atoms with E-state index in [9.17, 15) is 18.4 Å². The number of halogens is 2. The van der Waals surface area contributed by atoms with Crippen molar-refractivity contribution in [3.8, 4) is 17.1 Å². The van der Waals surface area contributed by atoms with Gasteiger partial charge in [-0.2, -0.15) is 0 Å². The van der Waals surface area contributed by atoms with Crippen LogP contribution in [0.5, 0.6) is 5.75 Å². The molecule has 29 heavy (non-hydrogen) atoms. The van der Waals surface area contributed by atoms with Crippen LogP contribution in [0.25, 0.3) is 11.3 Å². The number of carbonyl (C=O) groups is 2. The van der Waals surface area contributed by atoms with Gasteiger partial charge in [0.25, 0.3) is 11.8 Å². The summed E-state index contributed by atoms with van der Waals surface area (Å²) in [7, 11) is 1.62. The Kier molecular flexibility index (Phi) is 4.50. The van der Waals surface area contributed by atoms with E-state index in [1.807, 2.05) is 0 Å². The van der Waals surface area contributed by atoms with Gasteiger partial charge in [-0.3, -0.25) is 9.59 Å². The van der Waals surface area contributed by atoms with Gasteiger partial charge in [-0.1, -0.05) is 5.16 Å². The van der Waals surface area contributed by atoms with E-state index in [4.69, 9.17) is 9.26 Å². The number of anilines is 2. The molecule has 1 aliphatic heterocycles. The minimum Gasteiger partial charge on any atom is -0.479 e. The average molecular weight is 399 g/mol. The molecule has 0 aliphatic carbocycles. The van der Waals surface area contributed by atoms with Gasteiger partial charge < -0.3 is 19.5 Å². The lowest BCUT2D eigenvalue weighted by Gasteiger charge is -2.30. The average Bonchev–Trinajstić information content (AvgIpc) is 3.19. The van der Waals surface area contributed by atoms with Crippen molar-refractivity contribution < 1.29 is 27.6 Å². The molecule has 9 heteroatoms. The second-order valence-corrected chi connectivity index (χ2v) is 6.50. The Hall–Kier alpha value is -3.75. The summed E-state index contributed by atoms with van der Waals surface area (Å²) in [5, 5.41) is 6.32. The standard InChI is InChI=1S/C20H15F2N3O4/c1-10-20(27)25(2)16-8-12(4-6-17(16)28-10)23-19(26)15-9-18(29-24-15)11-3-5-13(21)14(22)7-11/h3-10H,1-2H3,(H,23,26). The molecular formula is C20H15F2N3O4. The summed E-state index contributed by atoms with van der Waals surface area (Å²) < 4.78 is 37.1. The summed E-state index contributed by atoms with van der Waals surface area (Å²) in [6.07, 6.45) is -0.585. The number of nitrogens with zero attached hydrogens (tertiary/aromatic N) is 2. The molecule has 0 bridgehead atoms. The number of fused-ring (bicyclic) bond motifs is 1. The van der Waals surface area contributed by atoms with E-state index < -0.39 is 23.6 Å². The first kappa shape index (κ1) is 18.6. The fraction of sp³-hybridized carbons (Fsp3) is 0.150. The van der Waals surface area contributed by atoms with Crippen LogP contribution in [-0.2, 0) is 4.79 Å². The first-order valence-electron chi connectivity index (χ1n) is 8.65. The SMILES string of the molecule is CC1Oc2ccc(NC(=O)c3cc(-c4ccc(F)c(F)c4)on3)cc2N(C)C1=O. The van der Waals surface area contributed by atoms with Crippen molar-refractivity contribution in [2.45, 2.75) is 13.0 Å². The Morgan fingerprint density at radius 2 is 1.93 bits per heavy atom. The summed E-state index contributed by atoms with van der Waals surface area (Å²) in [6, 6.07) is 9.44. The smallest absolute Gasteiger partial charge is 0.277 e. The van der Waals surface area contributed by atoms with Crippen molar-refractivity contribution in [2.75, 3.05) is 17.3 Å². The highest BCUT2D eigenvalue weighted by Crippen LogP contribution is 2.35. The summed E-state index contributed by atoms with van der Waals surface area (Å²) in [5.41, 5.74) is 1.14. The summed E-state index contributed by atoms with van der Waals surface area (Å²) >= 11 is 0. The molecule has 3 aromatic rings. The van der Waals surface area contributed by atoms with Crippen molar-refractivity contribution in [2.24, 2.45) is 0 Å². The van der Waals surface area contributed by atoms with Gasteiger partial charge in [0, 0.05) is 24.4 Å². The minimum absolute atomic E-state index is 0.0447. The van der Waals surface area contributed by atoms with E-state index in [1.54, 1.807) is 32.2 Å². The number of benzene rings is 2. The van der Waals surface area contributed by atoms with Crippen LogP contribution in [-0.4, -0.2) is 30.1 Å². The molecule has 4 rings (SSSR count). The van der Waals surface area contributed by atoms with Crippen LogP contribution in [0.15, 0.2) is 47.0 Å². The lowest BCUT2D eigenvalue weighted by molar-refractivity contribution is -0.125. The number of carbonyl (C=O) groups excluding carboxylic acids is 2. The molecule has 1 aromatic heterocycles. The van der Waals surface area contributed by atoms with E-state index >= 15 is 0 Å². The summed E-state index contributed by atoms with van der Waals surface area (Å²) in [6.45, 7) is 1.66. The highest BCUT2D eigenvalue weighted by molar-refractivity contribution is 6.05. The predicted octanol–water partition coefficient (Wildman–Crippen LogP) is 3.62. The zero-order chi connectivity index (χ0) is 20.7. The third-order valence-electron chi connectivity index (χ3n) is 4.51. The zero-order valence-corrected chi connectivity index (χ0v) is 15.4. The van der Waals surface area contributed by atoms with Crippen molar-refractivity contribution in [1.82, 2.24) is 5.16 Å². The van der Waals surface area contributed by atoms with Gasteiger partial charge >= 0.3 is 0 Å². The number of likely N-dealkylation sites (N-methyl/N-ethyl adjacent to an activating group) is 1. The van der Waals surface area contributed by atoms with Gasteiger partial charge in [0.2, 0.25) is 0 Å². The van der Waals surface area contributed by atoms with E-state index in [0.29, 0.717) is 17.1 Å². The van der Waals surface area contributed by atoms with Gasteiger partial charge in [-0.25, -0.2) is 8.78 Å². The summed E-state index contributed by atoms with van der Waals surface area (Å²) in [4.78, 5) is 26.0. The molecule has 1 atom stereocenters. The highest BCUT2D eigenvalue weighted by atomic mass is 19.2. The monoisotopic (exact) mass is 399 g/mol. The maximum atomic E-state index is 13.4. The van der Waals surface area contributed by atoms with Crippen LogP contribution in [0.2, 0.25) is 0 Å². The lowest BCUT2D eigenvalue weighted by atomic mass is 10.1. The van der Waals surface area contributed by atoms with E-state index in [0.717, 1.165) is 12.1 Å². The largest absolute Gasteiger partial charge is 0.479 e. The Morgan fingerprint density at radius 3 is 2.69 bits per heavy atom. The van der Waals surface area contributed by atoms with Crippen molar-refractivity contribution in [3.63, 3.8) is 0 Å².